The number of ether oxygens (including phenoxy) is 2. The van der Waals surface area contributed by atoms with Gasteiger partial charge in [-0.15, -0.1) is 0 Å². The van der Waals surface area contributed by atoms with Crippen molar-refractivity contribution in [3.63, 3.8) is 0 Å². The van der Waals surface area contributed by atoms with Gasteiger partial charge in [-0.1, -0.05) is 0 Å². The van der Waals surface area contributed by atoms with Gasteiger partial charge < -0.3 is 18.3 Å². The van der Waals surface area contributed by atoms with E-state index in [-0.39, 0.29) is 0 Å². The summed E-state index contributed by atoms with van der Waals surface area (Å²) in [6.45, 7) is 12.8. The highest BCUT2D eigenvalue weighted by Crippen LogP contribution is 2.14. The smallest absolute Gasteiger partial charge is 0.260 e. The Balaban J connectivity index is 4.38. The molecule has 20 heavy (non-hydrogen) atoms. The minimum absolute atomic E-state index is 0.614. The first-order valence-electron chi connectivity index (χ1n) is 6.94. The van der Waals surface area contributed by atoms with Crippen LogP contribution in [0, 0.1) is 0 Å². The summed E-state index contributed by atoms with van der Waals surface area (Å²) in [5.41, 5.74) is 0. The van der Waals surface area contributed by atoms with E-state index in [9.17, 15) is 0 Å². The van der Waals surface area contributed by atoms with E-state index in [0.29, 0.717) is 11.9 Å². The lowest BCUT2D eigenvalue weighted by atomic mass is 10.3. The topological polar surface area (TPSA) is 36.9 Å². The van der Waals surface area contributed by atoms with E-state index in [1.54, 1.807) is 14.2 Å². The zero-order valence-corrected chi connectivity index (χ0v) is 16.2. The Morgan fingerprint density at radius 1 is 0.700 bits per heavy atom. The number of methoxy groups -OCH3 is 2. The van der Waals surface area contributed by atoms with E-state index in [2.05, 4.69) is 39.3 Å². The molecule has 0 saturated carbocycles. The van der Waals surface area contributed by atoms with Crippen molar-refractivity contribution in [2.75, 3.05) is 14.2 Å². The highest BCUT2D eigenvalue weighted by atomic mass is 28.4. The Bertz CT molecular complexity index is 304. The van der Waals surface area contributed by atoms with E-state index in [4.69, 9.17) is 18.3 Å². The maximum Gasteiger partial charge on any atom is 0.260 e. The second-order valence-electron chi connectivity index (χ2n) is 6.46. The number of hydrogen-bond acceptors (Lipinski definition) is 4. The van der Waals surface area contributed by atoms with Gasteiger partial charge in [-0.3, -0.25) is 0 Å². The normalized spacial score (nSPS) is 14.0. The average molecular weight is 319 g/mol. The van der Waals surface area contributed by atoms with Crippen LogP contribution in [0.15, 0.2) is 24.0 Å². The van der Waals surface area contributed by atoms with Crippen LogP contribution in [-0.2, 0) is 18.3 Å². The molecule has 0 saturated heterocycles. The highest BCUT2D eigenvalue weighted by molar-refractivity contribution is 6.70. The zero-order chi connectivity index (χ0) is 15.8. The molecule has 0 radical (unpaired) electrons. The van der Waals surface area contributed by atoms with Gasteiger partial charge in [0.25, 0.3) is 11.9 Å². The summed E-state index contributed by atoms with van der Waals surface area (Å²) in [5.74, 6) is 1.23. The Hall–Kier alpha value is -0.886. The largest absolute Gasteiger partial charge is 0.520 e. The summed E-state index contributed by atoms with van der Waals surface area (Å²) in [7, 11) is 0.0424. The molecule has 0 aromatic rings. The van der Waals surface area contributed by atoms with Crippen molar-refractivity contribution in [3.05, 3.63) is 24.0 Å². The molecule has 0 aliphatic heterocycles. The highest BCUT2D eigenvalue weighted by Gasteiger charge is 2.18. The molecule has 0 atom stereocenters. The molecule has 0 N–H and O–H groups in total. The molecule has 0 spiro atoms. The summed E-state index contributed by atoms with van der Waals surface area (Å²) in [6.07, 6.45) is 5.60. The van der Waals surface area contributed by atoms with Crippen molar-refractivity contribution < 1.29 is 18.3 Å². The number of unbranched alkanes of at least 4 members (excludes halogenated alkanes) is 1. The number of allylic oxidation sites excluding steroid dienone is 2. The molecule has 0 aromatic heterocycles. The van der Waals surface area contributed by atoms with Crippen LogP contribution in [0.1, 0.15) is 12.8 Å². The monoisotopic (exact) mass is 318 g/mol. The standard InChI is InChI=1S/C14H30O4Si2/c1-15-13(17-19(3,4)5)11-9-10-12-14(16-2)18-20(6,7)8/h11-12H,9-10H2,1-8H3. The van der Waals surface area contributed by atoms with Crippen LogP contribution in [0.2, 0.25) is 39.3 Å². The lowest BCUT2D eigenvalue weighted by molar-refractivity contribution is 0.143. The van der Waals surface area contributed by atoms with Gasteiger partial charge in [0.2, 0.25) is 16.6 Å². The third kappa shape index (κ3) is 11.0. The Kier molecular flexibility index (Phi) is 8.04. The molecular formula is C14H30O4Si2. The van der Waals surface area contributed by atoms with Crippen molar-refractivity contribution in [1.82, 2.24) is 0 Å². The third-order valence-electron chi connectivity index (χ3n) is 2.00. The fraction of sp³-hybridized carbons (Fsp3) is 0.714. The van der Waals surface area contributed by atoms with Crippen LogP contribution >= 0.6 is 0 Å². The second kappa shape index (κ2) is 8.41. The van der Waals surface area contributed by atoms with E-state index < -0.39 is 16.6 Å². The molecule has 0 amide bonds. The predicted octanol–water partition coefficient (Wildman–Crippen LogP) is 4.45. The Labute approximate surface area is 126 Å². The molecule has 0 unspecified atom stereocenters. The Morgan fingerprint density at radius 3 is 1.20 bits per heavy atom. The van der Waals surface area contributed by atoms with Gasteiger partial charge in [-0.2, -0.15) is 0 Å². The second-order valence-corrected chi connectivity index (χ2v) is 15.3. The number of hydrogen-bond donors (Lipinski definition) is 0. The zero-order valence-electron chi connectivity index (χ0n) is 14.2. The molecule has 0 heterocycles. The maximum absolute atomic E-state index is 5.80. The van der Waals surface area contributed by atoms with Crippen molar-refractivity contribution in [2.24, 2.45) is 0 Å². The van der Waals surface area contributed by atoms with E-state index >= 15 is 0 Å². The first kappa shape index (κ1) is 19.1. The summed E-state index contributed by atoms with van der Waals surface area (Å²) >= 11 is 0. The van der Waals surface area contributed by atoms with Gasteiger partial charge in [0, 0.05) is 0 Å². The fourth-order valence-electron chi connectivity index (χ4n) is 1.34. The van der Waals surface area contributed by atoms with Crippen LogP contribution in [0.3, 0.4) is 0 Å². The molecule has 0 aliphatic rings. The van der Waals surface area contributed by atoms with Gasteiger partial charge in [0.05, 0.1) is 14.2 Å². The van der Waals surface area contributed by atoms with Crippen molar-refractivity contribution >= 4 is 16.6 Å². The van der Waals surface area contributed by atoms with Gasteiger partial charge in [0.1, 0.15) is 0 Å². The lowest BCUT2D eigenvalue weighted by Crippen LogP contribution is -2.25. The summed E-state index contributed by atoms with van der Waals surface area (Å²) in [5, 5.41) is 0. The molecule has 118 valence electrons. The average Bonchev–Trinajstić information content (AvgIpc) is 2.28. The van der Waals surface area contributed by atoms with Gasteiger partial charge in [0.15, 0.2) is 0 Å². The molecular weight excluding hydrogens is 288 g/mol. The van der Waals surface area contributed by atoms with Crippen molar-refractivity contribution in [3.8, 4) is 0 Å². The number of rotatable bonds is 9. The molecule has 0 rings (SSSR count). The molecule has 0 fully saturated rings. The first-order chi connectivity index (χ1) is 9.07. The van der Waals surface area contributed by atoms with Crippen LogP contribution in [-0.4, -0.2) is 30.9 Å². The Morgan fingerprint density at radius 2 is 1.00 bits per heavy atom. The van der Waals surface area contributed by atoms with Crippen LogP contribution in [0.4, 0.5) is 0 Å². The fourth-order valence-corrected chi connectivity index (χ4v) is 2.88. The van der Waals surface area contributed by atoms with E-state index in [1.165, 1.54) is 0 Å². The molecule has 0 aliphatic carbocycles. The summed E-state index contributed by atoms with van der Waals surface area (Å²) in [6, 6.07) is 0. The van der Waals surface area contributed by atoms with E-state index in [0.717, 1.165) is 12.8 Å². The molecule has 6 heteroatoms. The lowest BCUT2D eigenvalue weighted by Gasteiger charge is -2.21. The summed E-state index contributed by atoms with van der Waals surface area (Å²) < 4.78 is 22.1. The van der Waals surface area contributed by atoms with Gasteiger partial charge in [-0.05, 0) is 64.3 Å². The van der Waals surface area contributed by atoms with Crippen molar-refractivity contribution in [1.29, 1.82) is 0 Å². The predicted molar refractivity (Wildman–Crippen MR) is 88.3 cm³/mol. The quantitative estimate of drug-likeness (QED) is 0.358. The van der Waals surface area contributed by atoms with Gasteiger partial charge >= 0.3 is 0 Å². The van der Waals surface area contributed by atoms with Crippen LogP contribution < -0.4 is 0 Å². The van der Waals surface area contributed by atoms with Gasteiger partial charge in [-0.25, -0.2) is 0 Å². The molecule has 4 nitrogen and oxygen atoms in total. The minimum atomic E-state index is -1.61. The van der Waals surface area contributed by atoms with Crippen molar-refractivity contribution in [2.45, 2.75) is 52.1 Å². The third-order valence-corrected chi connectivity index (χ3v) is 3.63. The van der Waals surface area contributed by atoms with E-state index in [1.807, 2.05) is 12.2 Å². The SMILES string of the molecule is COC(=CCCC=C(OC)O[Si](C)(C)C)O[Si](C)(C)C. The molecule has 0 aromatic carbocycles. The maximum atomic E-state index is 5.80. The van der Waals surface area contributed by atoms with Crippen LogP contribution in [0.25, 0.3) is 0 Å². The molecule has 0 bridgehead atoms. The minimum Gasteiger partial charge on any atom is -0.520 e. The van der Waals surface area contributed by atoms with Crippen LogP contribution in [0.5, 0.6) is 0 Å². The summed E-state index contributed by atoms with van der Waals surface area (Å²) in [4.78, 5) is 0. The first-order valence-corrected chi connectivity index (χ1v) is 13.8.